The number of aromatic nitrogens is 1. The minimum atomic E-state index is -0.302. The van der Waals surface area contributed by atoms with Crippen LogP contribution in [-0.2, 0) is 6.54 Å². The monoisotopic (exact) mass is 398 g/mol. The Morgan fingerprint density at radius 1 is 1.43 bits per heavy atom. The number of benzene rings is 1. The van der Waals surface area contributed by atoms with Crippen molar-refractivity contribution in [3.05, 3.63) is 49.6 Å². The Morgan fingerprint density at radius 2 is 2.13 bits per heavy atom. The van der Waals surface area contributed by atoms with Gasteiger partial charge >= 0.3 is 0 Å². The molecule has 2 aromatic rings. The molecule has 0 fully saturated rings. The molecule has 0 aliphatic heterocycles. The van der Waals surface area contributed by atoms with Crippen LogP contribution in [0.3, 0.4) is 0 Å². The maximum absolute atomic E-state index is 14.0. The number of hydrogen-bond donors (Lipinski definition) is 0. The van der Waals surface area contributed by atoms with E-state index >= 15 is 0 Å². The van der Waals surface area contributed by atoms with Crippen LogP contribution in [0.1, 0.15) is 52.6 Å². The highest BCUT2D eigenvalue weighted by molar-refractivity contribution is 9.10. The smallest absolute Gasteiger partial charge is 0.266 e. The molecular formula is C17H20BrFN2OS. The van der Waals surface area contributed by atoms with Gasteiger partial charge in [0.1, 0.15) is 10.7 Å². The van der Waals surface area contributed by atoms with Crippen LogP contribution in [0.5, 0.6) is 0 Å². The molecule has 23 heavy (non-hydrogen) atoms. The van der Waals surface area contributed by atoms with Gasteiger partial charge in [0, 0.05) is 29.0 Å². The van der Waals surface area contributed by atoms with Crippen molar-refractivity contribution in [2.24, 2.45) is 0 Å². The van der Waals surface area contributed by atoms with Crippen molar-refractivity contribution >= 4 is 33.2 Å². The minimum absolute atomic E-state index is 0.0891. The van der Waals surface area contributed by atoms with Crippen molar-refractivity contribution in [1.29, 1.82) is 0 Å². The van der Waals surface area contributed by atoms with E-state index in [0.29, 0.717) is 17.0 Å². The first-order chi connectivity index (χ1) is 10.8. The fourth-order valence-electron chi connectivity index (χ4n) is 2.20. The molecule has 0 aliphatic rings. The third kappa shape index (κ3) is 4.18. The maximum atomic E-state index is 14.0. The Hall–Kier alpha value is -1.27. The number of nitrogens with zero attached hydrogens (tertiary/aromatic N) is 2. The van der Waals surface area contributed by atoms with E-state index in [1.165, 1.54) is 17.4 Å². The fraction of sp³-hybridized carbons (Fsp3) is 0.412. The minimum Gasteiger partial charge on any atom is -0.334 e. The molecule has 124 valence electrons. The molecule has 1 heterocycles. The summed E-state index contributed by atoms with van der Waals surface area (Å²) in [4.78, 5) is 19.6. The van der Waals surface area contributed by atoms with Gasteiger partial charge in [-0.15, -0.1) is 11.3 Å². The summed E-state index contributed by atoms with van der Waals surface area (Å²) in [6.07, 6.45) is 0. The van der Waals surface area contributed by atoms with Crippen LogP contribution in [0.4, 0.5) is 4.39 Å². The van der Waals surface area contributed by atoms with E-state index in [-0.39, 0.29) is 24.2 Å². The van der Waals surface area contributed by atoms with E-state index in [2.05, 4.69) is 34.8 Å². The highest BCUT2D eigenvalue weighted by Crippen LogP contribution is 2.26. The molecule has 0 aliphatic carbocycles. The topological polar surface area (TPSA) is 33.2 Å². The first kappa shape index (κ1) is 18.1. The van der Waals surface area contributed by atoms with Crippen molar-refractivity contribution in [2.75, 3.05) is 6.54 Å². The predicted octanol–water partition coefficient (Wildman–Crippen LogP) is 5.14. The number of hydrogen-bond acceptors (Lipinski definition) is 3. The Bertz CT molecular complexity index is 715. The highest BCUT2D eigenvalue weighted by Gasteiger charge is 2.22. The second-order valence-corrected chi connectivity index (χ2v) is 7.62. The predicted molar refractivity (Wildman–Crippen MR) is 95.5 cm³/mol. The first-order valence-electron chi connectivity index (χ1n) is 7.54. The largest absolute Gasteiger partial charge is 0.334 e. The van der Waals surface area contributed by atoms with Crippen molar-refractivity contribution in [3.63, 3.8) is 0 Å². The van der Waals surface area contributed by atoms with Crippen molar-refractivity contribution < 1.29 is 9.18 Å². The molecule has 0 saturated heterocycles. The van der Waals surface area contributed by atoms with Gasteiger partial charge in [-0.05, 0) is 32.0 Å². The van der Waals surface area contributed by atoms with Crippen LogP contribution in [0, 0.1) is 12.7 Å². The van der Waals surface area contributed by atoms with Gasteiger partial charge in [-0.3, -0.25) is 4.79 Å². The van der Waals surface area contributed by atoms with Crippen molar-refractivity contribution in [2.45, 2.75) is 40.2 Å². The zero-order valence-electron chi connectivity index (χ0n) is 13.7. The number of amides is 1. The second-order valence-electron chi connectivity index (χ2n) is 5.68. The number of carbonyl (C=O) groups excluding carboxylic acids is 1. The van der Waals surface area contributed by atoms with Crippen molar-refractivity contribution in [3.8, 4) is 0 Å². The van der Waals surface area contributed by atoms with Crippen LogP contribution in [0.2, 0.25) is 0 Å². The lowest BCUT2D eigenvalue weighted by Gasteiger charge is -2.21. The molecule has 1 aromatic carbocycles. The van der Waals surface area contributed by atoms with E-state index in [4.69, 9.17) is 0 Å². The van der Waals surface area contributed by atoms with Gasteiger partial charge in [-0.2, -0.15) is 0 Å². The number of thiazole rings is 1. The average Bonchev–Trinajstić information content (AvgIpc) is 2.89. The SMILES string of the molecule is CCN(Cc1cc(Br)ccc1F)C(=O)c1sc(C(C)C)nc1C. The van der Waals surface area contributed by atoms with Crippen molar-refractivity contribution in [1.82, 2.24) is 9.88 Å². The molecule has 3 nitrogen and oxygen atoms in total. The summed E-state index contributed by atoms with van der Waals surface area (Å²) in [6.45, 7) is 8.62. The van der Waals surface area contributed by atoms with E-state index in [1.54, 1.807) is 17.0 Å². The zero-order valence-corrected chi connectivity index (χ0v) is 16.1. The standard InChI is InChI=1S/C17H20BrFN2OS/c1-5-21(9-12-8-13(18)6-7-14(12)19)17(22)15-11(4)20-16(23-15)10(2)3/h6-8,10H,5,9H2,1-4H3. The summed E-state index contributed by atoms with van der Waals surface area (Å²) < 4.78 is 14.8. The fourth-order valence-corrected chi connectivity index (χ4v) is 3.65. The lowest BCUT2D eigenvalue weighted by Crippen LogP contribution is -2.30. The summed E-state index contributed by atoms with van der Waals surface area (Å²) in [5, 5.41) is 0.954. The first-order valence-corrected chi connectivity index (χ1v) is 9.15. The molecule has 0 atom stereocenters. The second kappa shape index (κ2) is 7.53. The molecule has 0 unspecified atom stereocenters. The molecule has 1 amide bonds. The van der Waals surface area contributed by atoms with E-state index < -0.39 is 0 Å². The Labute approximate surface area is 148 Å². The third-order valence-corrected chi connectivity index (χ3v) is 5.48. The quantitative estimate of drug-likeness (QED) is 0.698. The van der Waals surface area contributed by atoms with E-state index in [1.807, 2.05) is 13.8 Å². The lowest BCUT2D eigenvalue weighted by molar-refractivity contribution is 0.0755. The van der Waals surface area contributed by atoms with Crippen LogP contribution in [-0.4, -0.2) is 22.3 Å². The lowest BCUT2D eigenvalue weighted by atomic mass is 10.2. The Balaban J connectivity index is 2.26. The molecule has 0 bridgehead atoms. The average molecular weight is 399 g/mol. The van der Waals surface area contributed by atoms with Crippen LogP contribution >= 0.6 is 27.3 Å². The van der Waals surface area contributed by atoms with Crippen LogP contribution in [0.25, 0.3) is 0 Å². The number of halogens is 2. The Morgan fingerprint density at radius 3 is 2.70 bits per heavy atom. The van der Waals surface area contributed by atoms with E-state index in [9.17, 15) is 9.18 Å². The highest BCUT2D eigenvalue weighted by atomic mass is 79.9. The molecule has 1 aromatic heterocycles. The van der Waals surface area contributed by atoms with Gasteiger partial charge < -0.3 is 4.90 Å². The summed E-state index contributed by atoms with van der Waals surface area (Å²) in [7, 11) is 0. The van der Waals surface area contributed by atoms with Gasteiger partial charge in [0.15, 0.2) is 0 Å². The zero-order chi connectivity index (χ0) is 17.1. The number of rotatable bonds is 5. The molecule has 0 spiro atoms. The third-order valence-electron chi connectivity index (χ3n) is 3.54. The van der Waals surface area contributed by atoms with Crippen LogP contribution < -0.4 is 0 Å². The summed E-state index contributed by atoms with van der Waals surface area (Å²) in [5.74, 6) is -0.102. The number of carbonyl (C=O) groups is 1. The molecular weight excluding hydrogens is 379 g/mol. The Kier molecular flexibility index (Phi) is 5.92. The summed E-state index contributed by atoms with van der Waals surface area (Å²) in [6, 6.07) is 4.77. The van der Waals surface area contributed by atoms with Crippen LogP contribution in [0.15, 0.2) is 22.7 Å². The molecule has 6 heteroatoms. The van der Waals surface area contributed by atoms with Gasteiger partial charge in [0.25, 0.3) is 5.91 Å². The van der Waals surface area contributed by atoms with Gasteiger partial charge in [0.05, 0.1) is 10.7 Å². The molecule has 2 rings (SSSR count). The maximum Gasteiger partial charge on any atom is 0.266 e. The van der Waals surface area contributed by atoms with Gasteiger partial charge in [-0.25, -0.2) is 9.37 Å². The molecule has 0 saturated carbocycles. The van der Waals surface area contributed by atoms with Gasteiger partial charge in [-0.1, -0.05) is 29.8 Å². The summed E-state index contributed by atoms with van der Waals surface area (Å²) >= 11 is 4.77. The number of aryl methyl sites for hydroxylation is 1. The summed E-state index contributed by atoms with van der Waals surface area (Å²) in [5.41, 5.74) is 1.25. The normalized spacial score (nSPS) is 11.1. The molecule has 0 radical (unpaired) electrons. The van der Waals surface area contributed by atoms with E-state index in [0.717, 1.165) is 15.2 Å². The molecule has 0 N–H and O–H groups in total. The van der Waals surface area contributed by atoms with Gasteiger partial charge in [0.2, 0.25) is 0 Å².